The van der Waals surface area contributed by atoms with Gasteiger partial charge in [0.15, 0.2) is 0 Å². The lowest BCUT2D eigenvalue weighted by molar-refractivity contribution is -0.130. The standard InChI is InChI=1S/C12H15BrN2O2/c1-9(16)15-4-2-11(3-5-15)17-12-6-10(13)7-14-8-12/h6-8,11H,2-5H2,1H3. The number of likely N-dealkylation sites (tertiary alicyclic amines) is 1. The van der Waals surface area contributed by atoms with Crippen LogP contribution in [0.5, 0.6) is 5.75 Å². The van der Waals surface area contributed by atoms with Crippen molar-refractivity contribution in [3.63, 3.8) is 0 Å². The normalized spacial score (nSPS) is 16.9. The molecule has 0 N–H and O–H groups in total. The second-order valence-electron chi connectivity index (χ2n) is 4.16. The average molecular weight is 299 g/mol. The molecule has 1 aliphatic rings. The van der Waals surface area contributed by atoms with Gasteiger partial charge < -0.3 is 9.64 Å². The summed E-state index contributed by atoms with van der Waals surface area (Å²) in [6.07, 6.45) is 5.38. The van der Waals surface area contributed by atoms with E-state index in [1.807, 2.05) is 11.0 Å². The molecular formula is C12H15BrN2O2. The van der Waals surface area contributed by atoms with E-state index in [2.05, 4.69) is 20.9 Å². The lowest BCUT2D eigenvalue weighted by atomic mass is 10.1. The van der Waals surface area contributed by atoms with Gasteiger partial charge in [-0.05, 0) is 22.0 Å². The van der Waals surface area contributed by atoms with Gasteiger partial charge in [0.2, 0.25) is 5.91 Å². The van der Waals surface area contributed by atoms with Crippen molar-refractivity contribution in [2.24, 2.45) is 0 Å². The van der Waals surface area contributed by atoms with E-state index in [1.54, 1.807) is 19.3 Å². The average Bonchev–Trinajstić information content (AvgIpc) is 2.29. The van der Waals surface area contributed by atoms with Crippen molar-refractivity contribution in [1.29, 1.82) is 0 Å². The van der Waals surface area contributed by atoms with Crippen molar-refractivity contribution in [2.75, 3.05) is 13.1 Å². The Bertz CT molecular complexity index is 403. The Labute approximate surface area is 109 Å². The number of halogens is 1. The van der Waals surface area contributed by atoms with Gasteiger partial charge in [-0.3, -0.25) is 9.78 Å². The summed E-state index contributed by atoms with van der Waals surface area (Å²) < 4.78 is 6.75. The number of piperidine rings is 1. The number of pyridine rings is 1. The first kappa shape index (κ1) is 12.4. The summed E-state index contributed by atoms with van der Waals surface area (Å²) >= 11 is 3.36. The predicted molar refractivity (Wildman–Crippen MR) is 67.8 cm³/mol. The molecular weight excluding hydrogens is 284 g/mol. The molecule has 2 rings (SSSR count). The second-order valence-corrected chi connectivity index (χ2v) is 5.08. The summed E-state index contributed by atoms with van der Waals surface area (Å²) in [7, 11) is 0. The molecule has 1 aromatic rings. The van der Waals surface area contributed by atoms with Crippen LogP contribution in [0.15, 0.2) is 22.9 Å². The molecule has 5 heteroatoms. The Kier molecular flexibility index (Phi) is 3.99. The Morgan fingerprint density at radius 3 is 2.76 bits per heavy atom. The number of amides is 1. The van der Waals surface area contributed by atoms with Crippen LogP contribution in [0.3, 0.4) is 0 Å². The number of carbonyl (C=O) groups is 1. The van der Waals surface area contributed by atoms with Crippen LogP contribution in [0, 0.1) is 0 Å². The first-order valence-electron chi connectivity index (χ1n) is 5.68. The Hall–Kier alpha value is -1.10. The summed E-state index contributed by atoms with van der Waals surface area (Å²) in [5.74, 6) is 0.924. The lowest BCUT2D eigenvalue weighted by Crippen LogP contribution is -2.40. The van der Waals surface area contributed by atoms with Crippen LogP contribution < -0.4 is 4.74 Å². The molecule has 17 heavy (non-hydrogen) atoms. The molecule has 0 unspecified atom stereocenters. The van der Waals surface area contributed by atoms with E-state index in [0.29, 0.717) is 0 Å². The van der Waals surface area contributed by atoms with Gasteiger partial charge >= 0.3 is 0 Å². The lowest BCUT2D eigenvalue weighted by Gasteiger charge is -2.31. The van der Waals surface area contributed by atoms with Gasteiger partial charge in [-0.2, -0.15) is 0 Å². The van der Waals surface area contributed by atoms with Crippen LogP contribution in [0.1, 0.15) is 19.8 Å². The van der Waals surface area contributed by atoms with E-state index in [1.165, 1.54) is 0 Å². The van der Waals surface area contributed by atoms with E-state index in [4.69, 9.17) is 4.74 Å². The highest BCUT2D eigenvalue weighted by Crippen LogP contribution is 2.21. The number of aromatic nitrogens is 1. The van der Waals surface area contributed by atoms with Gasteiger partial charge in [-0.1, -0.05) is 0 Å². The zero-order valence-electron chi connectivity index (χ0n) is 9.73. The van der Waals surface area contributed by atoms with Crippen LogP contribution >= 0.6 is 15.9 Å². The van der Waals surface area contributed by atoms with Gasteiger partial charge in [0, 0.05) is 43.5 Å². The number of rotatable bonds is 2. The van der Waals surface area contributed by atoms with Crippen molar-refractivity contribution >= 4 is 21.8 Å². The van der Waals surface area contributed by atoms with E-state index in [0.717, 1.165) is 36.2 Å². The first-order chi connectivity index (χ1) is 8.15. The van der Waals surface area contributed by atoms with Crippen LogP contribution in [-0.4, -0.2) is 35.0 Å². The van der Waals surface area contributed by atoms with Gasteiger partial charge in [0.25, 0.3) is 0 Å². The van der Waals surface area contributed by atoms with Crippen molar-refractivity contribution in [1.82, 2.24) is 9.88 Å². The highest BCUT2D eigenvalue weighted by atomic mass is 79.9. The predicted octanol–water partition coefficient (Wildman–Crippen LogP) is 2.23. The third-order valence-corrected chi connectivity index (χ3v) is 3.30. The quantitative estimate of drug-likeness (QED) is 0.841. The molecule has 4 nitrogen and oxygen atoms in total. The highest BCUT2D eigenvalue weighted by molar-refractivity contribution is 9.10. The van der Waals surface area contributed by atoms with Crippen LogP contribution in [0.25, 0.3) is 0 Å². The summed E-state index contributed by atoms with van der Waals surface area (Å²) in [6, 6.07) is 1.91. The van der Waals surface area contributed by atoms with Gasteiger partial charge in [-0.25, -0.2) is 0 Å². The fourth-order valence-corrected chi connectivity index (χ4v) is 2.28. The molecule has 1 saturated heterocycles. The Balaban J connectivity index is 1.88. The van der Waals surface area contributed by atoms with Crippen molar-refractivity contribution < 1.29 is 9.53 Å². The molecule has 0 saturated carbocycles. The molecule has 2 heterocycles. The molecule has 0 radical (unpaired) electrons. The number of carbonyl (C=O) groups excluding carboxylic acids is 1. The fraction of sp³-hybridized carbons (Fsp3) is 0.500. The topological polar surface area (TPSA) is 42.4 Å². The molecule has 0 aliphatic carbocycles. The number of hydrogen-bond donors (Lipinski definition) is 0. The summed E-state index contributed by atoms with van der Waals surface area (Å²) in [6.45, 7) is 3.17. The minimum Gasteiger partial charge on any atom is -0.489 e. The van der Waals surface area contributed by atoms with E-state index >= 15 is 0 Å². The Morgan fingerprint density at radius 2 is 2.18 bits per heavy atom. The van der Waals surface area contributed by atoms with Crippen LogP contribution in [0.4, 0.5) is 0 Å². The van der Waals surface area contributed by atoms with Crippen LogP contribution in [-0.2, 0) is 4.79 Å². The first-order valence-corrected chi connectivity index (χ1v) is 6.47. The third kappa shape index (κ3) is 3.43. The van der Waals surface area contributed by atoms with Crippen molar-refractivity contribution in [2.45, 2.75) is 25.9 Å². The molecule has 0 bridgehead atoms. The summed E-state index contributed by atoms with van der Waals surface area (Å²) in [5.41, 5.74) is 0. The molecule has 0 atom stereocenters. The fourth-order valence-electron chi connectivity index (χ4n) is 1.94. The third-order valence-electron chi connectivity index (χ3n) is 2.87. The van der Waals surface area contributed by atoms with Crippen molar-refractivity contribution in [3.05, 3.63) is 22.9 Å². The minimum absolute atomic E-state index is 0.146. The molecule has 1 aliphatic heterocycles. The smallest absolute Gasteiger partial charge is 0.219 e. The molecule has 0 spiro atoms. The maximum absolute atomic E-state index is 11.2. The van der Waals surface area contributed by atoms with E-state index in [9.17, 15) is 4.79 Å². The largest absolute Gasteiger partial charge is 0.489 e. The maximum atomic E-state index is 11.2. The van der Waals surface area contributed by atoms with Crippen LogP contribution in [0.2, 0.25) is 0 Å². The maximum Gasteiger partial charge on any atom is 0.219 e. The zero-order chi connectivity index (χ0) is 12.3. The molecule has 92 valence electrons. The van der Waals surface area contributed by atoms with Gasteiger partial charge in [-0.15, -0.1) is 0 Å². The van der Waals surface area contributed by atoms with E-state index < -0.39 is 0 Å². The number of ether oxygens (including phenoxy) is 1. The zero-order valence-corrected chi connectivity index (χ0v) is 11.3. The summed E-state index contributed by atoms with van der Waals surface area (Å²) in [5, 5.41) is 0. The highest BCUT2D eigenvalue weighted by Gasteiger charge is 2.21. The molecule has 1 fully saturated rings. The van der Waals surface area contributed by atoms with E-state index in [-0.39, 0.29) is 12.0 Å². The molecule has 1 amide bonds. The summed E-state index contributed by atoms with van der Waals surface area (Å²) in [4.78, 5) is 17.1. The number of nitrogens with zero attached hydrogens (tertiary/aromatic N) is 2. The van der Waals surface area contributed by atoms with Gasteiger partial charge in [0.1, 0.15) is 11.9 Å². The molecule has 0 aromatic carbocycles. The minimum atomic E-state index is 0.146. The monoisotopic (exact) mass is 298 g/mol. The SMILES string of the molecule is CC(=O)N1CCC(Oc2cncc(Br)c2)CC1. The Morgan fingerprint density at radius 1 is 1.47 bits per heavy atom. The molecule has 1 aromatic heterocycles. The van der Waals surface area contributed by atoms with Gasteiger partial charge in [0.05, 0.1) is 6.20 Å². The number of hydrogen-bond acceptors (Lipinski definition) is 3. The van der Waals surface area contributed by atoms with Crippen molar-refractivity contribution in [3.8, 4) is 5.75 Å². The second kappa shape index (κ2) is 5.49.